The highest BCUT2D eigenvalue weighted by atomic mass is 16.4. The lowest BCUT2D eigenvalue weighted by molar-refractivity contribution is -0.113. The summed E-state index contributed by atoms with van der Waals surface area (Å²) < 4.78 is 6.80. The molecule has 15 heavy (non-hydrogen) atoms. The van der Waals surface area contributed by atoms with Crippen molar-refractivity contribution in [1.82, 2.24) is 0 Å². The summed E-state index contributed by atoms with van der Waals surface area (Å²) in [6.07, 6.45) is -5.63. The van der Waals surface area contributed by atoms with Gasteiger partial charge in [-0.3, -0.25) is 0 Å². The molecule has 0 fully saturated rings. The van der Waals surface area contributed by atoms with Crippen LogP contribution in [0.1, 0.15) is 14.7 Å². The molecule has 0 spiro atoms. The van der Waals surface area contributed by atoms with E-state index >= 15 is 0 Å². The van der Waals surface area contributed by atoms with Gasteiger partial charge in [-0.15, -0.1) is 0 Å². The number of rotatable bonds is 6. The van der Waals surface area contributed by atoms with Crippen LogP contribution in [-0.4, -0.2) is 61.7 Å². The molecule has 0 unspecified atom stereocenters. The predicted octanol–water partition coefficient (Wildman–Crippen LogP) is -1.73. The van der Waals surface area contributed by atoms with E-state index in [-0.39, 0.29) is 13.3 Å². The van der Waals surface area contributed by atoms with E-state index in [4.69, 9.17) is 11.6 Å². The van der Waals surface area contributed by atoms with Crippen molar-refractivity contribution in [3.8, 4) is 0 Å². The van der Waals surface area contributed by atoms with Crippen molar-refractivity contribution >= 4 is 0 Å². The molecule has 0 saturated heterocycles. The van der Waals surface area contributed by atoms with Crippen molar-refractivity contribution in [2.45, 2.75) is 37.7 Å². The molecule has 0 aliphatic heterocycles. The fourth-order valence-electron chi connectivity index (χ4n) is 0.966. The van der Waals surface area contributed by atoms with Crippen molar-refractivity contribution in [2.75, 3.05) is 6.61 Å². The molecule has 90 valence electrons. The second-order valence-corrected chi connectivity index (χ2v) is 3.09. The van der Waals surface area contributed by atoms with Crippen LogP contribution in [0.4, 0.5) is 0 Å². The van der Waals surface area contributed by atoms with E-state index in [9.17, 15) is 20.4 Å². The summed E-state index contributed by atoms with van der Waals surface area (Å²) in [6, 6.07) is 0. The highest BCUT2D eigenvalue weighted by Crippen LogP contribution is 2.11. The van der Waals surface area contributed by atoms with Gasteiger partial charge < -0.3 is 30.6 Å². The van der Waals surface area contributed by atoms with Crippen molar-refractivity contribution < 1.29 is 32.0 Å². The van der Waals surface area contributed by atoms with Crippen LogP contribution in [0.15, 0.2) is 11.8 Å². The molecule has 0 heterocycles. The van der Waals surface area contributed by atoms with Gasteiger partial charge in [-0.1, -0.05) is 6.90 Å². The molecule has 0 aliphatic carbocycles. The smallest absolute Gasteiger partial charge is 0.139 e. The van der Waals surface area contributed by atoms with Gasteiger partial charge in [0, 0.05) is 1.37 Å². The predicted molar refractivity (Wildman–Crippen MR) is 52.1 cm³/mol. The Labute approximate surface area is 89.1 Å². The van der Waals surface area contributed by atoms with Crippen LogP contribution in [0, 0.1) is 0 Å². The number of hydrogen-bond donors (Lipinski definition) is 6. The lowest BCUT2D eigenvalue weighted by Crippen LogP contribution is -2.46. The summed E-state index contributed by atoms with van der Waals surface area (Å²) in [5.41, 5.74) is 0. The van der Waals surface area contributed by atoms with Crippen LogP contribution in [0.25, 0.3) is 0 Å². The van der Waals surface area contributed by atoms with Crippen molar-refractivity contribution in [1.29, 1.82) is 0 Å². The highest BCUT2D eigenvalue weighted by Gasteiger charge is 2.31. The van der Waals surface area contributed by atoms with Crippen LogP contribution >= 0.6 is 0 Å². The van der Waals surface area contributed by atoms with E-state index in [0.29, 0.717) is 0 Å². The highest BCUT2D eigenvalue weighted by molar-refractivity contribution is 5.02. The molecule has 4 atom stereocenters. The molecule has 0 bridgehead atoms. The summed E-state index contributed by atoms with van der Waals surface area (Å²) in [5.74, 6) is -0.580. The molecule has 0 amide bonds. The third-order valence-electron chi connectivity index (χ3n) is 1.91. The maximum Gasteiger partial charge on any atom is 0.139 e. The molecule has 0 rings (SSSR count). The second-order valence-electron chi connectivity index (χ2n) is 3.09. The van der Waals surface area contributed by atoms with E-state index in [2.05, 4.69) is 0 Å². The fraction of sp³-hybridized carbons (Fsp3) is 0.778. The standard InChI is InChI=1S/C9H18O6/c1-2-3-5(11)7(13)9(15)8(14)6(12)4-10/h3,6-15H,2,4H2,1H3/t6-,7-,8-,9-/m1/s1/i1D. The Hall–Kier alpha value is -0.660. The summed E-state index contributed by atoms with van der Waals surface area (Å²) in [7, 11) is 0. The van der Waals surface area contributed by atoms with E-state index in [1.54, 1.807) is 0 Å². The number of allylic oxidation sites excluding steroid dienone is 1. The second kappa shape index (κ2) is 6.76. The van der Waals surface area contributed by atoms with Gasteiger partial charge in [-0.2, -0.15) is 0 Å². The summed E-state index contributed by atoms with van der Waals surface area (Å²) in [6.45, 7) is -0.767. The molecule has 6 nitrogen and oxygen atoms in total. The zero-order valence-corrected chi connectivity index (χ0v) is 8.19. The van der Waals surface area contributed by atoms with E-state index in [1.807, 2.05) is 0 Å². The average Bonchev–Trinajstić information content (AvgIpc) is 2.31. The van der Waals surface area contributed by atoms with Gasteiger partial charge in [0.25, 0.3) is 0 Å². The van der Waals surface area contributed by atoms with Gasteiger partial charge in [0.05, 0.1) is 6.61 Å². The van der Waals surface area contributed by atoms with E-state index in [1.165, 1.54) is 0 Å². The molecule has 6 heteroatoms. The lowest BCUT2D eigenvalue weighted by Gasteiger charge is -2.25. The molecule has 0 radical (unpaired) electrons. The monoisotopic (exact) mass is 223 g/mol. The van der Waals surface area contributed by atoms with E-state index < -0.39 is 36.8 Å². The minimum Gasteiger partial charge on any atom is -0.510 e. The first-order chi connectivity index (χ1) is 7.45. The molecule has 0 aromatic rings. The Morgan fingerprint density at radius 1 is 1.27 bits per heavy atom. The normalized spacial score (nSPS) is 21.7. The largest absolute Gasteiger partial charge is 0.510 e. The zero-order valence-electron chi connectivity index (χ0n) is 9.19. The number of aliphatic hydroxyl groups is 6. The third kappa shape index (κ3) is 4.15. The molecule has 0 aromatic carbocycles. The summed E-state index contributed by atoms with van der Waals surface area (Å²) >= 11 is 0. The molecular weight excluding hydrogens is 204 g/mol. The Kier molecular flexibility index (Phi) is 5.59. The minimum absolute atomic E-state index is 0.00862. The van der Waals surface area contributed by atoms with Gasteiger partial charge in [0.1, 0.15) is 30.2 Å². The quantitative estimate of drug-likeness (QED) is 0.298. The van der Waals surface area contributed by atoms with Crippen LogP contribution < -0.4 is 0 Å². The summed E-state index contributed by atoms with van der Waals surface area (Å²) in [5, 5.41) is 54.7. The minimum atomic E-state index is -1.82. The molecule has 0 aromatic heterocycles. The van der Waals surface area contributed by atoms with Gasteiger partial charge in [-0.25, -0.2) is 0 Å². The molecule has 0 saturated carbocycles. The van der Waals surface area contributed by atoms with Gasteiger partial charge >= 0.3 is 0 Å². The molecular formula is C9H18O6. The first-order valence-electron chi connectivity index (χ1n) is 5.17. The maximum atomic E-state index is 9.35. The zero-order chi connectivity index (χ0) is 12.7. The molecule has 6 N–H and O–H groups in total. The van der Waals surface area contributed by atoms with Crippen LogP contribution in [-0.2, 0) is 0 Å². The van der Waals surface area contributed by atoms with Gasteiger partial charge in [0.2, 0.25) is 0 Å². The van der Waals surface area contributed by atoms with Crippen molar-refractivity contribution in [2.24, 2.45) is 0 Å². The first-order valence-corrected chi connectivity index (χ1v) is 4.47. The molecule has 0 aliphatic rings. The Bertz CT molecular complexity index is 222. The average molecular weight is 223 g/mol. The number of aliphatic hydroxyl groups excluding tert-OH is 6. The van der Waals surface area contributed by atoms with Gasteiger partial charge in [-0.05, 0) is 12.5 Å². The maximum absolute atomic E-state index is 9.35. The van der Waals surface area contributed by atoms with Crippen molar-refractivity contribution in [3.63, 3.8) is 0 Å². The van der Waals surface area contributed by atoms with Crippen LogP contribution in [0.5, 0.6) is 0 Å². The van der Waals surface area contributed by atoms with Crippen molar-refractivity contribution in [3.05, 3.63) is 11.8 Å². The number of hydrogen-bond acceptors (Lipinski definition) is 6. The summed E-state index contributed by atoms with van der Waals surface area (Å²) in [4.78, 5) is 0. The van der Waals surface area contributed by atoms with Crippen LogP contribution in [0.2, 0.25) is 0 Å². The SMILES string of the molecule is [2H]CCC=C(O)[C@@H](O)[C@@H](O)[C@H](O)[C@H](O)CO. The van der Waals surface area contributed by atoms with Crippen LogP contribution in [0.3, 0.4) is 0 Å². The lowest BCUT2D eigenvalue weighted by atomic mass is 10.0. The fourth-order valence-corrected chi connectivity index (χ4v) is 0.966. The Morgan fingerprint density at radius 2 is 1.87 bits per heavy atom. The topological polar surface area (TPSA) is 121 Å². The Balaban J connectivity index is 4.41. The third-order valence-corrected chi connectivity index (χ3v) is 1.91. The first kappa shape index (κ1) is 12.4. The van der Waals surface area contributed by atoms with E-state index in [0.717, 1.165) is 6.08 Å². The Morgan fingerprint density at radius 3 is 2.33 bits per heavy atom. The van der Waals surface area contributed by atoms with Gasteiger partial charge in [0.15, 0.2) is 0 Å².